The molecule has 1 atom stereocenters. The predicted molar refractivity (Wildman–Crippen MR) is 78.6 cm³/mol. The van der Waals surface area contributed by atoms with Gasteiger partial charge in [-0.2, -0.15) is 0 Å². The molecular weight excluding hydrogens is 296 g/mol. The zero-order valence-corrected chi connectivity index (χ0v) is 12.4. The molecule has 6 nitrogen and oxygen atoms in total. The molecule has 114 valence electrons. The molecular formula is C14H17ClN2O4. The highest BCUT2D eigenvalue weighted by atomic mass is 35.5. The lowest BCUT2D eigenvalue weighted by Crippen LogP contribution is -2.40. The Morgan fingerprint density at radius 3 is 2.71 bits per heavy atom. The van der Waals surface area contributed by atoms with Crippen molar-refractivity contribution in [2.75, 3.05) is 13.2 Å². The Morgan fingerprint density at radius 1 is 1.48 bits per heavy atom. The summed E-state index contributed by atoms with van der Waals surface area (Å²) in [7, 11) is 0. The monoisotopic (exact) mass is 312 g/mol. The van der Waals surface area contributed by atoms with E-state index in [9.17, 15) is 14.9 Å². The Hall–Kier alpha value is -1.66. The van der Waals surface area contributed by atoms with Gasteiger partial charge in [-0.1, -0.05) is 11.6 Å². The highest BCUT2D eigenvalue weighted by Gasteiger charge is 2.23. The number of nitrogens with one attached hydrogen (secondary N) is 1. The molecule has 1 aliphatic rings. The van der Waals surface area contributed by atoms with Crippen molar-refractivity contribution in [1.29, 1.82) is 0 Å². The van der Waals surface area contributed by atoms with Crippen LogP contribution in [0.25, 0.3) is 0 Å². The number of nitro groups is 1. The van der Waals surface area contributed by atoms with E-state index in [0.717, 1.165) is 12.8 Å². The molecule has 1 N–H and O–H groups in total. The summed E-state index contributed by atoms with van der Waals surface area (Å²) in [5.41, 5.74) is 0.121. The van der Waals surface area contributed by atoms with Crippen molar-refractivity contribution >= 4 is 23.2 Å². The van der Waals surface area contributed by atoms with Crippen LogP contribution in [0, 0.1) is 16.0 Å². The number of hydrogen-bond donors (Lipinski definition) is 1. The number of non-ortho nitro benzene ring substituents is 1. The van der Waals surface area contributed by atoms with E-state index in [1.807, 2.05) is 6.92 Å². The quantitative estimate of drug-likeness (QED) is 0.684. The van der Waals surface area contributed by atoms with Crippen LogP contribution in [-0.2, 0) is 4.74 Å². The van der Waals surface area contributed by atoms with Gasteiger partial charge in [-0.3, -0.25) is 14.9 Å². The van der Waals surface area contributed by atoms with Gasteiger partial charge in [0.05, 0.1) is 15.5 Å². The van der Waals surface area contributed by atoms with Gasteiger partial charge in [-0.05, 0) is 31.7 Å². The van der Waals surface area contributed by atoms with Crippen LogP contribution in [-0.4, -0.2) is 30.1 Å². The maximum atomic E-state index is 12.2. The Morgan fingerprint density at radius 2 is 2.14 bits per heavy atom. The summed E-state index contributed by atoms with van der Waals surface area (Å²) in [6, 6.07) is 3.86. The van der Waals surface area contributed by atoms with Crippen molar-refractivity contribution in [3.63, 3.8) is 0 Å². The standard InChI is InChI=1S/C14H17ClN2O4/c1-9(10-4-6-21-7-5-10)16-14(18)12-3-2-11(17(19)20)8-13(12)15/h2-3,8-10H,4-7H2,1H3,(H,16,18). The fraction of sp³-hybridized carbons (Fsp3) is 0.500. The first-order chi connectivity index (χ1) is 9.99. The topological polar surface area (TPSA) is 81.5 Å². The second-order valence-corrected chi connectivity index (χ2v) is 5.54. The third-order valence-electron chi connectivity index (χ3n) is 3.74. The minimum atomic E-state index is -0.543. The van der Waals surface area contributed by atoms with Crippen LogP contribution in [0.1, 0.15) is 30.1 Å². The number of rotatable bonds is 4. The van der Waals surface area contributed by atoms with Crippen molar-refractivity contribution in [2.45, 2.75) is 25.8 Å². The van der Waals surface area contributed by atoms with Gasteiger partial charge in [0.15, 0.2) is 0 Å². The molecule has 0 aromatic heterocycles. The van der Waals surface area contributed by atoms with E-state index in [1.165, 1.54) is 18.2 Å². The molecule has 1 unspecified atom stereocenters. The zero-order chi connectivity index (χ0) is 15.4. The van der Waals surface area contributed by atoms with Crippen molar-refractivity contribution in [2.24, 2.45) is 5.92 Å². The highest BCUT2D eigenvalue weighted by Crippen LogP contribution is 2.23. The lowest BCUT2D eigenvalue weighted by atomic mass is 9.93. The number of amides is 1. The van der Waals surface area contributed by atoms with Crippen molar-refractivity contribution in [3.8, 4) is 0 Å². The van der Waals surface area contributed by atoms with Crippen LogP contribution >= 0.6 is 11.6 Å². The zero-order valence-electron chi connectivity index (χ0n) is 11.7. The maximum Gasteiger partial charge on any atom is 0.270 e. The highest BCUT2D eigenvalue weighted by molar-refractivity contribution is 6.34. The molecule has 1 aromatic carbocycles. The number of nitrogens with zero attached hydrogens (tertiary/aromatic N) is 1. The van der Waals surface area contributed by atoms with Crippen molar-refractivity contribution in [1.82, 2.24) is 5.32 Å². The minimum absolute atomic E-state index is 0.00709. The molecule has 2 rings (SSSR count). The van der Waals surface area contributed by atoms with Crippen LogP contribution in [0.5, 0.6) is 0 Å². The maximum absolute atomic E-state index is 12.2. The number of benzene rings is 1. The first-order valence-electron chi connectivity index (χ1n) is 6.81. The summed E-state index contributed by atoms with van der Waals surface area (Å²) in [5.74, 6) is 0.0633. The SMILES string of the molecule is CC(NC(=O)c1ccc([N+](=O)[O-])cc1Cl)C1CCOCC1. The Balaban J connectivity index is 2.04. The fourth-order valence-corrected chi connectivity index (χ4v) is 2.68. The van der Waals surface area contributed by atoms with E-state index in [2.05, 4.69) is 5.32 Å². The van der Waals surface area contributed by atoms with E-state index in [4.69, 9.17) is 16.3 Å². The Labute approximate surface area is 127 Å². The van der Waals surface area contributed by atoms with Crippen LogP contribution < -0.4 is 5.32 Å². The van der Waals surface area contributed by atoms with Gasteiger partial charge >= 0.3 is 0 Å². The molecule has 21 heavy (non-hydrogen) atoms. The largest absolute Gasteiger partial charge is 0.381 e. The van der Waals surface area contributed by atoms with Gasteiger partial charge in [-0.25, -0.2) is 0 Å². The normalized spacial score (nSPS) is 17.2. The number of hydrogen-bond acceptors (Lipinski definition) is 4. The van der Waals surface area contributed by atoms with Gasteiger partial charge in [0, 0.05) is 31.4 Å². The molecule has 1 saturated heterocycles. The first kappa shape index (κ1) is 15.7. The molecule has 1 amide bonds. The number of carbonyl (C=O) groups excluding carboxylic acids is 1. The molecule has 0 saturated carbocycles. The van der Waals surface area contributed by atoms with Crippen LogP contribution in [0.4, 0.5) is 5.69 Å². The number of ether oxygens (including phenoxy) is 1. The molecule has 7 heteroatoms. The van der Waals surface area contributed by atoms with E-state index in [0.29, 0.717) is 19.1 Å². The van der Waals surface area contributed by atoms with E-state index in [-0.39, 0.29) is 28.2 Å². The Bertz CT molecular complexity index is 544. The summed E-state index contributed by atoms with van der Waals surface area (Å²) in [4.78, 5) is 22.3. The lowest BCUT2D eigenvalue weighted by Gasteiger charge is -2.28. The minimum Gasteiger partial charge on any atom is -0.381 e. The second-order valence-electron chi connectivity index (χ2n) is 5.13. The number of halogens is 1. The second kappa shape index (κ2) is 6.87. The van der Waals surface area contributed by atoms with Gasteiger partial charge < -0.3 is 10.1 Å². The van der Waals surface area contributed by atoms with E-state index in [1.54, 1.807) is 0 Å². The van der Waals surface area contributed by atoms with Crippen LogP contribution in [0.15, 0.2) is 18.2 Å². The average Bonchev–Trinajstić information content (AvgIpc) is 2.47. The molecule has 0 radical (unpaired) electrons. The summed E-state index contributed by atoms with van der Waals surface area (Å²) in [6.07, 6.45) is 1.82. The first-order valence-corrected chi connectivity index (χ1v) is 7.19. The number of carbonyl (C=O) groups is 1. The van der Waals surface area contributed by atoms with Crippen molar-refractivity contribution in [3.05, 3.63) is 38.9 Å². The molecule has 1 aliphatic heterocycles. The van der Waals surface area contributed by atoms with Crippen LogP contribution in [0.3, 0.4) is 0 Å². The smallest absolute Gasteiger partial charge is 0.270 e. The molecule has 1 aromatic rings. The molecule has 0 aliphatic carbocycles. The molecule has 1 fully saturated rings. The van der Waals surface area contributed by atoms with Gasteiger partial charge in [0.1, 0.15) is 0 Å². The van der Waals surface area contributed by atoms with Gasteiger partial charge in [-0.15, -0.1) is 0 Å². The summed E-state index contributed by atoms with van der Waals surface area (Å²) >= 11 is 5.95. The summed E-state index contributed by atoms with van der Waals surface area (Å²) < 4.78 is 5.30. The average molecular weight is 313 g/mol. The Kier molecular flexibility index (Phi) is 5.14. The third-order valence-corrected chi connectivity index (χ3v) is 4.05. The summed E-state index contributed by atoms with van der Waals surface area (Å²) in [6.45, 7) is 3.37. The van der Waals surface area contributed by atoms with E-state index < -0.39 is 4.92 Å². The molecule has 1 heterocycles. The number of nitro benzene ring substituents is 1. The van der Waals surface area contributed by atoms with E-state index >= 15 is 0 Å². The molecule has 0 bridgehead atoms. The van der Waals surface area contributed by atoms with Crippen LogP contribution in [0.2, 0.25) is 5.02 Å². The lowest BCUT2D eigenvalue weighted by molar-refractivity contribution is -0.384. The third kappa shape index (κ3) is 3.92. The molecule has 0 spiro atoms. The predicted octanol–water partition coefficient (Wildman–Crippen LogP) is 2.79. The van der Waals surface area contributed by atoms with Crippen molar-refractivity contribution < 1.29 is 14.5 Å². The van der Waals surface area contributed by atoms with Gasteiger partial charge in [0.25, 0.3) is 11.6 Å². The van der Waals surface area contributed by atoms with Gasteiger partial charge in [0.2, 0.25) is 0 Å². The fourth-order valence-electron chi connectivity index (χ4n) is 2.42. The summed E-state index contributed by atoms with van der Waals surface area (Å²) in [5, 5.41) is 13.6.